The van der Waals surface area contributed by atoms with Crippen LogP contribution in [0.3, 0.4) is 0 Å². The van der Waals surface area contributed by atoms with Crippen LogP contribution in [0, 0.1) is 5.82 Å². The number of carboxylic acid groups (broad SMARTS) is 1. The second kappa shape index (κ2) is 9.12. The number of hydrogen-bond donors (Lipinski definition) is 4. The Bertz CT molecular complexity index is 1560. The molecule has 0 bridgehead atoms. The Morgan fingerprint density at radius 1 is 1.18 bits per heavy atom. The van der Waals surface area contributed by atoms with E-state index in [0.29, 0.717) is 9.21 Å². The van der Waals surface area contributed by atoms with Gasteiger partial charge < -0.3 is 20.7 Å². The fraction of sp³-hybridized carbons (Fsp3) is 0.0909. The van der Waals surface area contributed by atoms with Crippen LogP contribution in [0.2, 0.25) is 4.34 Å². The molecule has 12 heteroatoms. The molecule has 0 radical (unpaired) electrons. The summed E-state index contributed by atoms with van der Waals surface area (Å²) in [5.74, 6) is -2.70. The molecule has 0 aliphatic rings. The topological polar surface area (TPSA) is 133 Å². The largest absolute Gasteiger partial charge is 0.479 e. The fourth-order valence-corrected chi connectivity index (χ4v) is 4.51. The number of benzene rings is 2. The third-order valence-electron chi connectivity index (χ3n) is 5.02. The number of rotatable bonds is 6. The second-order valence-corrected chi connectivity index (χ2v) is 8.88. The van der Waals surface area contributed by atoms with E-state index in [1.54, 1.807) is 0 Å². The van der Waals surface area contributed by atoms with Gasteiger partial charge in [-0.3, -0.25) is 9.59 Å². The lowest BCUT2D eigenvalue weighted by atomic mass is 10.1. The molecule has 1 unspecified atom stereocenters. The highest BCUT2D eigenvalue weighted by atomic mass is 35.5. The molecule has 0 spiro atoms. The Kier molecular flexibility index (Phi) is 6.22. The Labute approximate surface area is 199 Å². The van der Waals surface area contributed by atoms with Crippen LogP contribution < -0.4 is 21.9 Å². The van der Waals surface area contributed by atoms with Crippen molar-refractivity contribution in [2.75, 3.05) is 12.4 Å². The van der Waals surface area contributed by atoms with Crippen molar-refractivity contribution in [2.24, 2.45) is 0 Å². The number of fused-ring (bicyclic) bond motifs is 1. The van der Waals surface area contributed by atoms with Crippen LogP contribution in [0.1, 0.15) is 21.3 Å². The van der Waals surface area contributed by atoms with Gasteiger partial charge in [0.25, 0.3) is 11.5 Å². The zero-order valence-electron chi connectivity index (χ0n) is 17.4. The van der Waals surface area contributed by atoms with Gasteiger partial charge in [-0.25, -0.2) is 18.5 Å². The Morgan fingerprint density at radius 3 is 2.59 bits per heavy atom. The van der Waals surface area contributed by atoms with E-state index >= 15 is 0 Å². The van der Waals surface area contributed by atoms with Crippen molar-refractivity contribution in [1.29, 1.82) is 0 Å². The molecule has 4 N–H and O–H groups in total. The molecule has 0 aliphatic carbocycles. The number of anilines is 1. The highest BCUT2D eigenvalue weighted by molar-refractivity contribution is 7.16. The molecule has 1 atom stereocenters. The van der Waals surface area contributed by atoms with E-state index in [1.807, 2.05) is 0 Å². The summed E-state index contributed by atoms with van der Waals surface area (Å²) >= 11 is 6.88. The minimum atomic E-state index is -1.34. The molecule has 174 valence electrons. The quantitative estimate of drug-likeness (QED) is 0.320. The van der Waals surface area contributed by atoms with E-state index in [-0.39, 0.29) is 27.8 Å². The number of aromatic amines is 1. The maximum absolute atomic E-state index is 14.2. The van der Waals surface area contributed by atoms with Gasteiger partial charge in [-0.1, -0.05) is 17.7 Å². The average Bonchev–Trinajstić information content (AvgIpc) is 3.23. The third kappa shape index (κ3) is 4.30. The molecule has 9 nitrogen and oxygen atoms in total. The van der Waals surface area contributed by atoms with E-state index in [2.05, 4.69) is 15.6 Å². The van der Waals surface area contributed by atoms with E-state index in [9.17, 15) is 28.7 Å². The summed E-state index contributed by atoms with van der Waals surface area (Å²) in [5, 5.41) is 14.5. The number of nitrogens with one attached hydrogen (secondary N) is 3. The molecule has 34 heavy (non-hydrogen) atoms. The number of carboxylic acids is 1. The summed E-state index contributed by atoms with van der Waals surface area (Å²) < 4.78 is 15.4. The smallest absolute Gasteiger partial charge is 0.333 e. The Morgan fingerprint density at radius 2 is 1.94 bits per heavy atom. The number of halogens is 2. The van der Waals surface area contributed by atoms with Crippen molar-refractivity contribution in [3.63, 3.8) is 0 Å². The highest BCUT2D eigenvalue weighted by Gasteiger charge is 2.25. The van der Waals surface area contributed by atoms with Crippen molar-refractivity contribution in [3.8, 4) is 5.69 Å². The first-order chi connectivity index (χ1) is 16.2. The van der Waals surface area contributed by atoms with E-state index in [4.69, 9.17) is 11.6 Å². The number of thiophene rings is 1. The van der Waals surface area contributed by atoms with Crippen LogP contribution in [0.4, 0.5) is 10.1 Å². The molecule has 4 rings (SSSR count). The number of nitrogens with zero attached hydrogens (tertiary/aromatic N) is 1. The molecular weight excluding hydrogens is 487 g/mol. The lowest BCUT2D eigenvalue weighted by molar-refractivity contribution is -0.139. The van der Waals surface area contributed by atoms with Gasteiger partial charge in [-0.05, 0) is 42.5 Å². The minimum absolute atomic E-state index is 0.00881. The molecule has 4 aromatic rings. The van der Waals surface area contributed by atoms with Crippen molar-refractivity contribution in [2.45, 2.75) is 6.04 Å². The van der Waals surface area contributed by atoms with E-state index in [1.165, 1.54) is 49.5 Å². The van der Waals surface area contributed by atoms with Crippen molar-refractivity contribution in [3.05, 3.63) is 90.0 Å². The number of carbonyl (C=O) groups is 2. The molecule has 0 saturated carbocycles. The number of hydrogen-bond acceptors (Lipinski definition) is 6. The van der Waals surface area contributed by atoms with Gasteiger partial charge in [-0.2, -0.15) is 0 Å². The predicted octanol–water partition coefficient (Wildman–Crippen LogP) is 3.13. The highest BCUT2D eigenvalue weighted by Crippen LogP contribution is 2.27. The van der Waals surface area contributed by atoms with Crippen molar-refractivity contribution in [1.82, 2.24) is 14.9 Å². The van der Waals surface area contributed by atoms with Gasteiger partial charge in [-0.15, -0.1) is 11.3 Å². The Hall–Kier alpha value is -3.96. The minimum Gasteiger partial charge on any atom is -0.479 e. The van der Waals surface area contributed by atoms with Gasteiger partial charge >= 0.3 is 11.7 Å². The lowest BCUT2D eigenvalue weighted by Gasteiger charge is -2.14. The molecule has 2 aromatic carbocycles. The van der Waals surface area contributed by atoms with Gasteiger partial charge in [0.2, 0.25) is 0 Å². The number of aliphatic carboxylic acids is 1. The van der Waals surface area contributed by atoms with Crippen LogP contribution in [0.15, 0.2) is 58.1 Å². The first-order valence-electron chi connectivity index (χ1n) is 9.75. The summed E-state index contributed by atoms with van der Waals surface area (Å²) in [6.07, 6.45) is 0. The normalized spacial score (nSPS) is 11.9. The lowest BCUT2D eigenvalue weighted by Crippen LogP contribution is -2.35. The summed E-state index contributed by atoms with van der Waals surface area (Å²) in [7, 11) is 1.50. The van der Waals surface area contributed by atoms with Crippen LogP contribution in [-0.4, -0.2) is 33.6 Å². The number of amides is 1. The molecule has 0 saturated heterocycles. The zero-order chi connectivity index (χ0) is 24.6. The van der Waals surface area contributed by atoms with Gasteiger partial charge in [0.05, 0.1) is 26.6 Å². The first-order valence-corrected chi connectivity index (χ1v) is 10.9. The molecular formula is C22H16ClFN4O5S. The second-order valence-electron chi connectivity index (χ2n) is 7.14. The van der Waals surface area contributed by atoms with Gasteiger partial charge in [0.1, 0.15) is 5.82 Å². The third-order valence-corrected chi connectivity index (χ3v) is 6.32. The van der Waals surface area contributed by atoms with Crippen LogP contribution in [0.25, 0.3) is 16.6 Å². The van der Waals surface area contributed by atoms with Crippen molar-refractivity contribution < 1.29 is 19.1 Å². The van der Waals surface area contributed by atoms with E-state index < -0.39 is 35.0 Å². The number of aromatic nitrogens is 2. The molecule has 0 aliphatic heterocycles. The number of H-pyrrole nitrogens is 1. The number of carbonyl (C=O) groups excluding carboxylic acids is 1. The summed E-state index contributed by atoms with van der Waals surface area (Å²) in [5.41, 5.74) is -1.27. The predicted molar refractivity (Wildman–Crippen MR) is 127 cm³/mol. The summed E-state index contributed by atoms with van der Waals surface area (Å²) in [6, 6.07) is 9.51. The summed E-state index contributed by atoms with van der Waals surface area (Å²) in [6.45, 7) is 0. The SMILES string of the molecule is CNc1cc2[nH]c(=O)n(-c3cccc(C(=O)NC(C(=O)O)c4ccc(Cl)s4)c3)c(=O)c2cc1F. The molecule has 2 heterocycles. The monoisotopic (exact) mass is 502 g/mol. The van der Waals surface area contributed by atoms with Crippen LogP contribution in [0.5, 0.6) is 0 Å². The standard InChI is InChI=1S/C22H16ClFN4O5S/c1-25-15-9-14-12(8-13(15)24)20(30)28(22(33)26-14)11-4-2-3-10(7-11)19(29)27-18(21(31)32)16-5-6-17(23)34-16/h2-9,18,25H,1H3,(H,26,33)(H,27,29)(H,31,32). The summed E-state index contributed by atoms with van der Waals surface area (Å²) in [4.78, 5) is 53.0. The maximum Gasteiger partial charge on any atom is 0.333 e. The zero-order valence-corrected chi connectivity index (χ0v) is 19.0. The van der Waals surface area contributed by atoms with Gasteiger partial charge in [0.15, 0.2) is 6.04 Å². The van der Waals surface area contributed by atoms with Crippen molar-refractivity contribution >= 4 is 51.4 Å². The average molecular weight is 503 g/mol. The fourth-order valence-electron chi connectivity index (χ4n) is 3.40. The Balaban J connectivity index is 1.74. The maximum atomic E-state index is 14.2. The molecule has 1 amide bonds. The van der Waals surface area contributed by atoms with Crippen LogP contribution in [-0.2, 0) is 4.79 Å². The van der Waals surface area contributed by atoms with E-state index in [0.717, 1.165) is 22.0 Å². The molecule has 2 aromatic heterocycles. The van der Waals surface area contributed by atoms with Crippen LogP contribution >= 0.6 is 22.9 Å². The van der Waals surface area contributed by atoms with Gasteiger partial charge in [0, 0.05) is 17.5 Å². The molecule has 0 fully saturated rings. The first kappa shape index (κ1) is 23.2.